The van der Waals surface area contributed by atoms with Gasteiger partial charge in [0.1, 0.15) is 5.01 Å². The van der Waals surface area contributed by atoms with Gasteiger partial charge < -0.3 is 0 Å². The molecule has 2 nitrogen and oxygen atoms in total. The number of nitrogens with zero attached hydrogens (tertiary/aromatic N) is 2. The molecule has 1 unspecified atom stereocenters. The largest absolute Gasteiger partial charge is 0.294 e. The van der Waals surface area contributed by atoms with Gasteiger partial charge in [-0.1, -0.05) is 6.92 Å². The minimum Gasteiger partial charge on any atom is -0.294 e. The van der Waals surface area contributed by atoms with Gasteiger partial charge in [-0.3, -0.25) is 4.90 Å². The molecule has 2 heterocycles. The maximum absolute atomic E-state index is 4.33. The van der Waals surface area contributed by atoms with Crippen molar-refractivity contribution in [3.8, 4) is 0 Å². The fourth-order valence-corrected chi connectivity index (χ4v) is 2.71. The quantitative estimate of drug-likeness (QED) is 0.738. The Labute approximate surface area is 83.6 Å². The van der Waals surface area contributed by atoms with Gasteiger partial charge in [0, 0.05) is 17.6 Å². The summed E-state index contributed by atoms with van der Waals surface area (Å²) < 4.78 is 0. The van der Waals surface area contributed by atoms with Gasteiger partial charge in [-0.25, -0.2) is 4.98 Å². The third kappa shape index (κ3) is 2.09. The predicted molar refractivity (Wildman–Crippen MR) is 55.8 cm³/mol. The molecule has 1 fully saturated rings. The van der Waals surface area contributed by atoms with E-state index in [9.17, 15) is 0 Å². The Morgan fingerprint density at radius 1 is 1.69 bits per heavy atom. The van der Waals surface area contributed by atoms with Crippen molar-refractivity contribution in [2.45, 2.75) is 38.8 Å². The number of thiazole rings is 1. The maximum Gasteiger partial charge on any atom is 0.107 e. The van der Waals surface area contributed by atoms with E-state index in [-0.39, 0.29) is 0 Å². The van der Waals surface area contributed by atoms with Crippen LogP contribution in [0.4, 0.5) is 0 Å². The molecule has 1 atom stereocenters. The van der Waals surface area contributed by atoms with Gasteiger partial charge in [0.25, 0.3) is 0 Å². The summed E-state index contributed by atoms with van der Waals surface area (Å²) in [7, 11) is 0. The van der Waals surface area contributed by atoms with Gasteiger partial charge in [-0.05, 0) is 25.8 Å². The highest BCUT2D eigenvalue weighted by molar-refractivity contribution is 7.09. The average Bonchev–Trinajstić information content (AvgIpc) is 2.76. The molecule has 2 rings (SSSR count). The summed E-state index contributed by atoms with van der Waals surface area (Å²) in [6.07, 6.45) is 5.92. The van der Waals surface area contributed by atoms with E-state index >= 15 is 0 Å². The SMILES string of the molecule is CCC1CCCN1Cc1nccs1. The third-order valence-corrected chi connectivity index (χ3v) is 3.56. The highest BCUT2D eigenvalue weighted by atomic mass is 32.1. The van der Waals surface area contributed by atoms with Gasteiger partial charge in [-0.15, -0.1) is 11.3 Å². The molecule has 0 spiro atoms. The van der Waals surface area contributed by atoms with Gasteiger partial charge in [-0.2, -0.15) is 0 Å². The summed E-state index contributed by atoms with van der Waals surface area (Å²) in [6, 6.07) is 0.809. The van der Waals surface area contributed by atoms with E-state index in [4.69, 9.17) is 0 Å². The number of rotatable bonds is 3. The standard InChI is InChI=1S/C10H16N2S/c1-2-9-4-3-6-12(9)8-10-11-5-7-13-10/h5,7,9H,2-4,6,8H2,1H3. The van der Waals surface area contributed by atoms with E-state index in [0.717, 1.165) is 12.6 Å². The zero-order valence-corrected chi connectivity index (χ0v) is 8.89. The van der Waals surface area contributed by atoms with E-state index in [1.807, 2.05) is 6.20 Å². The molecule has 1 saturated heterocycles. The Morgan fingerprint density at radius 2 is 2.62 bits per heavy atom. The average molecular weight is 196 g/mol. The molecule has 1 aromatic heterocycles. The summed E-state index contributed by atoms with van der Waals surface area (Å²) in [6.45, 7) is 4.61. The first-order chi connectivity index (χ1) is 6.40. The molecule has 0 radical (unpaired) electrons. The van der Waals surface area contributed by atoms with Crippen LogP contribution in [0.3, 0.4) is 0 Å². The van der Waals surface area contributed by atoms with E-state index in [0.29, 0.717) is 0 Å². The van der Waals surface area contributed by atoms with E-state index in [1.165, 1.54) is 30.8 Å². The monoisotopic (exact) mass is 196 g/mol. The van der Waals surface area contributed by atoms with Crippen LogP contribution in [-0.2, 0) is 6.54 Å². The Kier molecular flexibility index (Phi) is 2.96. The van der Waals surface area contributed by atoms with Gasteiger partial charge in [0.05, 0.1) is 6.54 Å². The van der Waals surface area contributed by atoms with Crippen molar-refractivity contribution in [3.05, 3.63) is 16.6 Å². The van der Waals surface area contributed by atoms with Crippen LogP contribution in [0, 0.1) is 0 Å². The number of likely N-dealkylation sites (tertiary alicyclic amines) is 1. The van der Waals surface area contributed by atoms with E-state index in [1.54, 1.807) is 11.3 Å². The molecule has 0 aliphatic carbocycles. The molecular formula is C10H16N2S. The van der Waals surface area contributed by atoms with E-state index < -0.39 is 0 Å². The Balaban J connectivity index is 1.94. The molecule has 0 bridgehead atoms. The molecule has 1 aliphatic heterocycles. The smallest absolute Gasteiger partial charge is 0.107 e. The van der Waals surface area contributed by atoms with Crippen molar-refractivity contribution in [2.75, 3.05) is 6.54 Å². The summed E-state index contributed by atoms with van der Waals surface area (Å²) in [4.78, 5) is 6.89. The second kappa shape index (κ2) is 4.20. The summed E-state index contributed by atoms with van der Waals surface area (Å²) in [5.74, 6) is 0. The van der Waals surface area contributed by atoms with Crippen molar-refractivity contribution in [2.24, 2.45) is 0 Å². The zero-order chi connectivity index (χ0) is 9.10. The van der Waals surface area contributed by atoms with Crippen LogP contribution in [0.2, 0.25) is 0 Å². The molecule has 1 aliphatic rings. The maximum atomic E-state index is 4.33. The highest BCUT2D eigenvalue weighted by Crippen LogP contribution is 2.22. The highest BCUT2D eigenvalue weighted by Gasteiger charge is 2.22. The topological polar surface area (TPSA) is 16.1 Å². The van der Waals surface area contributed by atoms with Crippen LogP contribution in [0.5, 0.6) is 0 Å². The molecule has 0 aromatic carbocycles. The molecular weight excluding hydrogens is 180 g/mol. The fraction of sp³-hybridized carbons (Fsp3) is 0.700. The molecule has 0 amide bonds. The Morgan fingerprint density at radius 3 is 3.31 bits per heavy atom. The molecule has 3 heteroatoms. The lowest BCUT2D eigenvalue weighted by molar-refractivity contribution is 0.240. The van der Waals surface area contributed by atoms with Crippen molar-refractivity contribution in [3.63, 3.8) is 0 Å². The molecule has 13 heavy (non-hydrogen) atoms. The lowest BCUT2D eigenvalue weighted by atomic mass is 10.2. The van der Waals surface area contributed by atoms with Crippen molar-refractivity contribution >= 4 is 11.3 Å². The van der Waals surface area contributed by atoms with Crippen molar-refractivity contribution < 1.29 is 0 Å². The van der Waals surface area contributed by atoms with Gasteiger partial charge in [0.2, 0.25) is 0 Å². The van der Waals surface area contributed by atoms with Crippen LogP contribution in [0.1, 0.15) is 31.2 Å². The Bertz CT molecular complexity index is 245. The first-order valence-corrected chi connectivity index (χ1v) is 5.90. The van der Waals surface area contributed by atoms with Crippen LogP contribution in [0.25, 0.3) is 0 Å². The van der Waals surface area contributed by atoms with Crippen LogP contribution in [-0.4, -0.2) is 22.5 Å². The van der Waals surface area contributed by atoms with Crippen LogP contribution >= 0.6 is 11.3 Å². The normalized spacial score (nSPS) is 23.9. The number of aromatic nitrogens is 1. The van der Waals surface area contributed by atoms with Crippen LogP contribution < -0.4 is 0 Å². The molecule has 1 aromatic rings. The fourth-order valence-electron chi connectivity index (χ4n) is 2.07. The van der Waals surface area contributed by atoms with Crippen LogP contribution in [0.15, 0.2) is 11.6 Å². The van der Waals surface area contributed by atoms with E-state index in [2.05, 4.69) is 22.2 Å². The Hall–Kier alpha value is -0.410. The molecule has 0 saturated carbocycles. The third-order valence-electron chi connectivity index (χ3n) is 2.79. The number of hydrogen-bond acceptors (Lipinski definition) is 3. The van der Waals surface area contributed by atoms with Crippen molar-refractivity contribution in [1.82, 2.24) is 9.88 Å². The summed E-state index contributed by atoms with van der Waals surface area (Å²) in [5, 5.41) is 3.33. The lowest BCUT2D eigenvalue weighted by Crippen LogP contribution is -2.28. The zero-order valence-electron chi connectivity index (χ0n) is 8.07. The second-order valence-electron chi connectivity index (χ2n) is 3.60. The second-order valence-corrected chi connectivity index (χ2v) is 4.58. The lowest BCUT2D eigenvalue weighted by Gasteiger charge is -2.21. The molecule has 0 N–H and O–H groups in total. The minimum absolute atomic E-state index is 0.809. The predicted octanol–water partition coefficient (Wildman–Crippen LogP) is 2.52. The van der Waals surface area contributed by atoms with Gasteiger partial charge in [0.15, 0.2) is 0 Å². The number of hydrogen-bond donors (Lipinski definition) is 0. The first-order valence-electron chi connectivity index (χ1n) is 5.02. The molecule has 72 valence electrons. The first kappa shape index (κ1) is 9.16. The summed E-state index contributed by atoms with van der Waals surface area (Å²) in [5.41, 5.74) is 0. The van der Waals surface area contributed by atoms with Gasteiger partial charge >= 0.3 is 0 Å². The minimum atomic E-state index is 0.809. The summed E-state index contributed by atoms with van der Waals surface area (Å²) >= 11 is 1.77. The van der Waals surface area contributed by atoms with Crippen molar-refractivity contribution in [1.29, 1.82) is 0 Å².